The van der Waals surface area contributed by atoms with Gasteiger partial charge in [0.2, 0.25) is 11.8 Å². The summed E-state index contributed by atoms with van der Waals surface area (Å²) in [6.45, 7) is 3.70. The van der Waals surface area contributed by atoms with Crippen molar-refractivity contribution in [3.05, 3.63) is 52.9 Å². The third-order valence-electron chi connectivity index (χ3n) is 6.92. The van der Waals surface area contributed by atoms with Crippen LogP contribution in [0, 0.1) is 5.82 Å². The molecule has 0 amide bonds. The fraction of sp³-hybridized carbons (Fsp3) is 0.333. The van der Waals surface area contributed by atoms with E-state index in [4.69, 9.17) is 10.2 Å². The quantitative estimate of drug-likeness (QED) is 0.339. The Balaban J connectivity index is 1.21. The number of anilines is 2. The molecule has 198 valence electrons. The lowest BCUT2D eigenvalue weighted by atomic mass is 10.2. The maximum absolute atomic E-state index is 14.6. The molecular weight excluding hydrogens is 513 g/mol. The molecule has 1 aliphatic rings. The molecule has 5 heterocycles. The molecule has 0 saturated carbocycles. The van der Waals surface area contributed by atoms with E-state index in [2.05, 4.69) is 20.0 Å². The van der Waals surface area contributed by atoms with Crippen LogP contribution in [0.1, 0.15) is 0 Å². The van der Waals surface area contributed by atoms with E-state index in [0.29, 0.717) is 78.2 Å². The van der Waals surface area contributed by atoms with Crippen LogP contribution in [-0.2, 0) is 24.4 Å². The van der Waals surface area contributed by atoms with Crippen molar-refractivity contribution >= 4 is 39.2 Å². The highest BCUT2D eigenvalue weighted by molar-refractivity contribution is 7.84. The van der Waals surface area contributed by atoms with Crippen LogP contribution in [0.2, 0.25) is 0 Å². The third-order valence-corrected chi connectivity index (χ3v) is 7.84. The van der Waals surface area contributed by atoms with E-state index in [0.717, 1.165) is 0 Å². The van der Waals surface area contributed by atoms with Gasteiger partial charge in [-0.05, 0) is 30.3 Å². The second-order valence-electron chi connectivity index (χ2n) is 9.18. The zero-order chi connectivity index (χ0) is 26.6. The average molecular weight is 540 g/mol. The fourth-order valence-corrected chi connectivity index (χ4v) is 5.41. The molecule has 1 aromatic carbocycles. The van der Waals surface area contributed by atoms with Gasteiger partial charge in [0.05, 0.1) is 12.0 Å². The number of furan rings is 1. The Bertz CT molecular complexity index is 1730. The molecule has 0 bridgehead atoms. The molecule has 1 atom stereocenters. The van der Waals surface area contributed by atoms with E-state index >= 15 is 0 Å². The van der Waals surface area contributed by atoms with E-state index in [1.54, 1.807) is 35.9 Å². The van der Waals surface area contributed by atoms with Crippen LogP contribution in [0.5, 0.6) is 0 Å². The zero-order valence-corrected chi connectivity index (χ0v) is 21.7. The fourth-order valence-electron chi connectivity index (χ4n) is 4.88. The topological polar surface area (TPSA) is 133 Å². The van der Waals surface area contributed by atoms with Gasteiger partial charge in [0.1, 0.15) is 11.3 Å². The molecule has 0 spiro atoms. The summed E-state index contributed by atoms with van der Waals surface area (Å²) in [5.74, 6) is 0.585. The number of rotatable bonds is 6. The van der Waals surface area contributed by atoms with Crippen molar-refractivity contribution in [3.8, 4) is 11.6 Å². The summed E-state index contributed by atoms with van der Waals surface area (Å²) >= 11 is 0. The molecule has 2 N–H and O–H groups in total. The molecule has 38 heavy (non-hydrogen) atoms. The standard InChI is InChI=1S/C24H26FN9O3S/c1-30-19-21(28-23(26)34-22(19)27-20(29-34)18-4-3-13-37-18)33(24(30)35)12-9-31-7-10-32(11-8-31)17-6-5-15(38(2)36)14-16(17)25/h3-6,13-14H,7-12H2,1-2H3,(H2,26,28). The average Bonchev–Trinajstić information content (AvgIpc) is 3.63. The van der Waals surface area contributed by atoms with Crippen LogP contribution in [0.4, 0.5) is 16.0 Å². The summed E-state index contributed by atoms with van der Waals surface area (Å²) in [5.41, 5.74) is 7.87. The second kappa shape index (κ2) is 9.36. The Labute approximate surface area is 218 Å². The highest BCUT2D eigenvalue weighted by Gasteiger charge is 2.23. The van der Waals surface area contributed by atoms with Crippen molar-refractivity contribution in [2.24, 2.45) is 7.05 Å². The highest BCUT2D eigenvalue weighted by Crippen LogP contribution is 2.25. The Hall–Kier alpha value is -4.04. The predicted octanol–water partition coefficient (Wildman–Crippen LogP) is 1.32. The van der Waals surface area contributed by atoms with Gasteiger partial charge < -0.3 is 15.1 Å². The number of nitrogens with two attached hydrogens (primary N) is 1. The monoisotopic (exact) mass is 539 g/mol. The minimum Gasteiger partial charge on any atom is -0.461 e. The van der Waals surface area contributed by atoms with Crippen molar-refractivity contribution in [2.75, 3.05) is 49.6 Å². The number of aromatic nitrogens is 6. The first-order valence-electron chi connectivity index (χ1n) is 12.1. The lowest BCUT2D eigenvalue weighted by Gasteiger charge is -2.36. The zero-order valence-electron chi connectivity index (χ0n) is 20.9. The lowest BCUT2D eigenvalue weighted by molar-refractivity contribution is 0.247. The third kappa shape index (κ3) is 4.05. The summed E-state index contributed by atoms with van der Waals surface area (Å²) in [4.78, 5) is 26.9. The lowest BCUT2D eigenvalue weighted by Crippen LogP contribution is -2.47. The Morgan fingerprint density at radius 3 is 2.58 bits per heavy atom. The number of piperazine rings is 1. The van der Waals surface area contributed by atoms with E-state index in [9.17, 15) is 13.4 Å². The van der Waals surface area contributed by atoms with E-state index < -0.39 is 10.8 Å². The van der Waals surface area contributed by atoms with Gasteiger partial charge in [-0.2, -0.15) is 9.50 Å². The molecule has 0 aliphatic carbocycles. The van der Waals surface area contributed by atoms with Crippen LogP contribution < -0.4 is 16.3 Å². The maximum Gasteiger partial charge on any atom is 0.330 e. The predicted molar refractivity (Wildman–Crippen MR) is 141 cm³/mol. The number of hydrogen-bond donors (Lipinski definition) is 1. The summed E-state index contributed by atoms with van der Waals surface area (Å²) in [5, 5.41) is 4.40. The van der Waals surface area contributed by atoms with Crippen LogP contribution in [0.25, 0.3) is 28.4 Å². The van der Waals surface area contributed by atoms with Crippen LogP contribution in [-0.4, -0.2) is 76.8 Å². The van der Waals surface area contributed by atoms with E-state index in [-0.39, 0.29) is 17.5 Å². The smallest absolute Gasteiger partial charge is 0.330 e. The van der Waals surface area contributed by atoms with Gasteiger partial charge in [-0.3, -0.25) is 18.2 Å². The number of aryl methyl sites for hydroxylation is 1. The van der Waals surface area contributed by atoms with Gasteiger partial charge in [0.15, 0.2) is 17.1 Å². The normalized spacial score (nSPS) is 15.6. The highest BCUT2D eigenvalue weighted by atomic mass is 32.2. The molecule has 1 unspecified atom stereocenters. The van der Waals surface area contributed by atoms with Crippen LogP contribution in [0.15, 0.2) is 50.7 Å². The molecule has 4 aromatic heterocycles. The molecule has 1 fully saturated rings. The van der Waals surface area contributed by atoms with Gasteiger partial charge in [-0.1, -0.05) is 0 Å². The van der Waals surface area contributed by atoms with Gasteiger partial charge in [0, 0.05) is 68.3 Å². The number of fused-ring (bicyclic) bond motifs is 3. The van der Waals surface area contributed by atoms with Gasteiger partial charge in [0.25, 0.3) is 0 Å². The molecule has 1 aliphatic heterocycles. The van der Waals surface area contributed by atoms with Crippen LogP contribution >= 0.6 is 0 Å². The summed E-state index contributed by atoms with van der Waals surface area (Å²) < 4.78 is 36.2. The van der Waals surface area contributed by atoms with Crippen LogP contribution in [0.3, 0.4) is 0 Å². The first-order chi connectivity index (χ1) is 18.3. The minimum atomic E-state index is -1.23. The van der Waals surface area contributed by atoms with E-state index in [1.807, 2.05) is 4.90 Å². The maximum atomic E-state index is 14.6. The molecule has 14 heteroatoms. The number of nitrogen functional groups attached to an aromatic ring is 1. The van der Waals surface area contributed by atoms with E-state index in [1.165, 1.54) is 27.7 Å². The molecule has 1 saturated heterocycles. The summed E-state index contributed by atoms with van der Waals surface area (Å²) in [7, 11) is 0.446. The molecule has 6 rings (SSSR count). The van der Waals surface area contributed by atoms with Crippen molar-refractivity contribution in [1.29, 1.82) is 0 Å². The van der Waals surface area contributed by atoms with Gasteiger partial charge in [-0.25, -0.2) is 14.2 Å². The molecular formula is C24H26FN9O3S. The summed E-state index contributed by atoms with van der Waals surface area (Å²) in [6.07, 6.45) is 3.07. The largest absolute Gasteiger partial charge is 0.461 e. The van der Waals surface area contributed by atoms with Gasteiger partial charge in [-0.15, -0.1) is 5.10 Å². The second-order valence-corrected chi connectivity index (χ2v) is 10.6. The number of imidazole rings is 1. The van der Waals surface area contributed by atoms with Crippen molar-refractivity contribution in [2.45, 2.75) is 11.4 Å². The Morgan fingerprint density at radius 2 is 1.89 bits per heavy atom. The number of nitrogens with zero attached hydrogens (tertiary/aromatic N) is 8. The summed E-state index contributed by atoms with van der Waals surface area (Å²) in [6, 6.07) is 8.22. The van der Waals surface area contributed by atoms with Crippen molar-refractivity contribution < 1.29 is 13.0 Å². The van der Waals surface area contributed by atoms with Crippen molar-refractivity contribution in [3.63, 3.8) is 0 Å². The SMILES string of the molecule is Cn1c(=O)n(CCN2CCN(c3ccc(S(C)=O)cc3F)CC2)c2nc(N)n3nc(-c4ccco4)nc3c21. The molecule has 0 radical (unpaired) electrons. The first kappa shape index (κ1) is 24.3. The molecule has 5 aromatic rings. The number of halogens is 1. The first-order valence-corrected chi connectivity index (χ1v) is 13.6. The minimum absolute atomic E-state index is 0.116. The molecule has 12 nitrogen and oxygen atoms in total. The Morgan fingerprint density at radius 1 is 1.11 bits per heavy atom. The number of hydrogen-bond acceptors (Lipinski definition) is 9. The van der Waals surface area contributed by atoms with Gasteiger partial charge >= 0.3 is 5.69 Å². The Kier molecular flexibility index (Phi) is 5.99. The number of benzene rings is 1. The van der Waals surface area contributed by atoms with Crippen molar-refractivity contribution in [1.82, 2.24) is 33.6 Å².